The zero-order valence-corrected chi connectivity index (χ0v) is 17.0. The number of carbonyl (C=O) groups is 1. The summed E-state index contributed by atoms with van der Waals surface area (Å²) < 4.78 is 7.22. The fourth-order valence-corrected chi connectivity index (χ4v) is 3.63. The summed E-state index contributed by atoms with van der Waals surface area (Å²) in [6, 6.07) is 11.5. The number of nitrogens with zero attached hydrogens (tertiary/aromatic N) is 4. The van der Waals surface area contributed by atoms with E-state index in [1.807, 2.05) is 55.9 Å². The Morgan fingerprint density at radius 3 is 2.48 bits per heavy atom. The lowest BCUT2D eigenvalue weighted by Gasteiger charge is -2.28. The average Bonchev–Trinajstić information content (AvgIpc) is 3.00. The molecule has 7 heteroatoms. The first-order valence-electron chi connectivity index (χ1n) is 9.73. The van der Waals surface area contributed by atoms with Crippen molar-refractivity contribution in [2.45, 2.75) is 13.8 Å². The minimum absolute atomic E-state index is 0.160. The molecule has 0 bridgehead atoms. The molecule has 1 amide bonds. The molecule has 0 saturated carbocycles. The minimum Gasteiger partial charge on any atom is -0.378 e. The molecule has 1 N–H and O–H groups in total. The van der Waals surface area contributed by atoms with Crippen molar-refractivity contribution in [1.29, 1.82) is 0 Å². The number of morpholine rings is 1. The second-order valence-corrected chi connectivity index (χ2v) is 7.20. The molecule has 3 heterocycles. The number of rotatable bonds is 4. The molecule has 2 aromatic heterocycles. The first-order valence-corrected chi connectivity index (χ1v) is 9.73. The van der Waals surface area contributed by atoms with E-state index in [0.717, 1.165) is 60.3 Å². The van der Waals surface area contributed by atoms with E-state index < -0.39 is 0 Å². The molecule has 0 atom stereocenters. The van der Waals surface area contributed by atoms with Crippen molar-refractivity contribution in [3.05, 3.63) is 59.5 Å². The van der Waals surface area contributed by atoms with Crippen LogP contribution in [-0.2, 0) is 11.8 Å². The maximum Gasteiger partial charge on any atom is 0.255 e. The van der Waals surface area contributed by atoms with E-state index in [1.54, 1.807) is 12.3 Å². The summed E-state index contributed by atoms with van der Waals surface area (Å²) in [6.45, 7) is 7.22. The first-order chi connectivity index (χ1) is 14.0. The number of ether oxygens (including phenoxy) is 1. The highest BCUT2D eigenvalue weighted by Crippen LogP contribution is 2.26. The molecule has 0 aliphatic carbocycles. The molecule has 150 valence electrons. The lowest BCUT2D eigenvalue weighted by molar-refractivity contribution is 0.102. The zero-order chi connectivity index (χ0) is 20.4. The highest BCUT2D eigenvalue weighted by Gasteiger charge is 2.16. The van der Waals surface area contributed by atoms with Crippen LogP contribution in [0.5, 0.6) is 0 Å². The largest absolute Gasteiger partial charge is 0.378 e. The Morgan fingerprint density at radius 1 is 1.10 bits per heavy atom. The number of carbonyl (C=O) groups excluding carboxylic acids is 1. The molecule has 0 radical (unpaired) electrons. The number of amides is 1. The third-order valence-corrected chi connectivity index (χ3v) is 5.29. The van der Waals surface area contributed by atoms with Gasteiger partial charge in [-0.3, -0.25) is 14.5 Å². The quantitative estimate of drug-likeness (QED) is 0.740. The van der Waals surface area contributed by atoms with E-state index in [9.17, 15) is 4.79 Å². The summed E-state index contributed by atoms with van der Waals surface area (Å²) >= 11 is 0. The summed E-state index contributed by atoms with van der Waals surface area (Å²) in [7, 11) is 1.91. The minimum atomic E-state index is -0.160. The number of aromatic nitrogens is 3. The molecule has 1 aromatic carbocycles. The molecule has 3 aromatic rings. The van der Waals surface area contributed by atoms with Crippen molar-refractivity contribution in [3.63, 3.8) is 0 Å². The molecule has 7 nitrogen and oxygen atoms in total. The van der Waals surface area contributed by atoms with Crippen LogP contribution in [0.25, 0.3) is 11.3 Å². The maximum atomic E-state index is 12.8. The number of benzene rings is 1. The number of hydrogen-bond acceptors (Lipinski definition) is 5. The normalized spacial score (nSPS) is 14.1. The van der Waals surface area contributed by atoms with E-state index in [-0.39, 0.29) is 5.91 Å². The molecule has 1 aliphatic rings. The second kappa shape index (κ2) is 8.05. The Morgan fingerprint density at radius 2 is 1.83 bits per heavy atom. The van der Waals surface area contributed by atoms with Gasteiger partial charge in [-0.2, -0.15) is 5.10 Å². The summed E-state index contributed by atoms with van der Waals surface area (Å²) in [5.74, 6) is -0.160. The van der Waals surface area contributed by atoms with Crippen molar-refractivity contribution in [1.82, 2.24) is 14.8 Å². The van der Waals surface area contributed by atoms with Gasteiger partial charge in [0.1, 0.15) is 0 Å². The van der Waals surface area contributed by atoms with Gasteiger partial charge in [0.05, 0.1) is 24.6 Å². The van der Waals surface area contributed by atoms with Gasteiger partial charge in [-0.25, -0.2) is 0 Å². The van der Waals surface area contributed by atoms with Crippen LogP contribution in [0.15, 0.2) is 42.6 Å². The van der Waals surface area contributed by atoms with E-state index in [2.05, 4.69) is 20.3 Å². The van der Waals surface area contributed by atoms with Gasteiger partial charge in [0, 0.05) is 54.5 Å². The number of pyridine rings is 1. The Kier molecular flexibility index (Phi) is 5.31. The molecule has 0 unspecified atom stereocenters. The standard InChI is InChI=1S/C22H25N5O2/c1-15-21(16(2)26(3)25-15)20-14-17(8-9-23-20)22(28)24-18-4-6-19(7-5-18)27-10-12-29-13-11-27/h4-9,14H,10-13H2,1-3H3,(H,24,28). The molecule has 29 heavy (non-hydrogen) atoms. The van der Waals surface area contributed by atoms with Crippen molar-refractivity contribution < 1.29 is 9.53 Å². The van der Waals surface area contributed by atoms with Crippen LogP contribution in [0, 0.1) is 13.8 Å². The fourth-order valence-electron chi connectivity index (χ4n) is 3.63. The third kappa shape index (κ3) is 4.00. The van der Waals surface area contributed by atoms with Crippen molar-refractivity contribution >= 4 is 17.3 Å². The maximum absolute atomic E-state index is 12.8. The highest BCUT2D eigenvalue weighted by atomic mass is 16.5. The molecular weight excluding hydrogens is 366 g/mol. The van der Waals surface area contributed by atoms with Gasteiger partial charge in [-0.1, -0.05) is 0 Å². The summed E-state index contributed by atoms with van der Waals surface area (Å²) in [5.41, 5.74) is 6.11. The second-order valence-electron chi connectivity index (χ2n) is 7.20. The summed E-state index contributed by atoms with van der Waals surface area (Å²) in [4.78, 5) is 19.5. The Labute approximate surface area is 170 Å². The van der Waals surface area contributed by atoms with Crippen LogP contribution in [0.1, 0.15) is 21.7 Å². The van der Waals surface area contributed by atoms with Crippen LogP contribution in [0.3, 0.4) is 0 Å². The van der Waals surface area contributed by atoms with Gasteiger partial charge < -0.3 is 15.0 Å². The number of anilines is 2. The van der Waals surface area contributed by atoms with Gasteiger partial charge in [-0.15, -0.1) is 0 Å². The summed E-state index contributed by atoms with van der Waals surface area (Å²) in [5, 5.41) is 7.41. The van der Waals surface area contributed by atoms with Crippen molar-refractivity contribution in [2.75, 3.05) is 36.5 Å². The van der Waals surface area contributed by atoms with Crippen LogP contribution in [-0.4, -0.2) is 47.0 Å². The smallest absolute Gasteiger partial charge is 0.255 e. The summed E-state index contributed by atoms with van der Waals surface area (Å²) in [6.07, 6.45) is 1.66. The van der Waals surface area contributed by atoms with Crippen molar-refractivity contribution in [2.24, 2.45) is 7.05 Å². The third-order valence-electron chi connectivity index (χ3n) is 5.29. The highest BCUT2D eigenvalue weighted by molar-refractivity contribution is 6.04. The Bertz CT molecular complexity index is 1020. The zero-order valence-electron chi connectivity index (χ0n) is 17.0. The van der Waals surface area contributed by atoms with Gasteiger partial charge in [0.25, 0.3) is 5.91 Å². The van der Waals surface area contributed by atoms with E-state index >= 15 is 0 Å². The SMILES string of the molecule is Cc1nn(C)c(C)c1-c1cc(C(=O)Nc2ccc(N3CCOCC3)cc2)ccn1. The topological polar surface area (TPSA) is 72.3 Å². The predicted octanol–water partition coefficient (Wildman–Crippen LogP) is 3.19. The van der Waals surface area contributed by atoms with Crippen LogP contribution < -0.4 is 10.2 Å². The lowest BCUT2D eigenvalue weighted by Crippen LogP contribution is -2.36. The van der Waals surface area contributed by atoms with Crippen molar-refractivity contribution in [3.8, 4) is 11.3 Å². The van der Waals surface area contributed by atoms with Crippen LogP contribution >= 0.6 is 0 Å². The van der Waals surface area contributed by atoms with Gasteiger partial charge >= 0.3 is 0 Å². The first kappa shape index (κ1) is 19.1. The Balaban J connectivity index is 1.50. The van der Waals surface area contributed by atoms with Crippen LogP contribution in [0.2, 0.25) is 0 Å². The molecular formula is C22H25N5O2. The van der Waals surface area contributed by atoms with Gasteiger partial charge in [0.2, 0.25) is 0 Å². The predicted molar refractivity (Wildman–Crippen MR) is 113 cm³/mol. The molecule has 1 saturated heterocycles. The van der Waals surface area contributed by atoms with Gasteiger partial charge in [0.15, 0.2) is 0 Å². The average molecular weight is 391 g/mol. The molecule has 4 rings (SSSR count). The lowest BCUT2D eigenvalue weighted by atomic mass is 10.1. The monoisotopic (exact) mass is 391 g/mol. The molecule has 1 fully saturated rings. The van der Waals surface area contributed by atoms with E-state index in [4.69, 9.17) is 4.74 Å². The van der Waals surface area contributed by atoms with E-state index in [0.29, 0.717) is 5.56 Å². The molecule has 0 spiro atoms. The number of nitrogens with one attached hydrogen (secondary N) is 1. The number of hydrogen-bond donors (Lipinski definition) is 1. The van der Waals surface area contributed by atoms with Crippen LogP contribution in [0.4, 0.5) is 11.4 Å². The Hall–Kier alpha value is -3.19. The molecule has 1 aliphatic heterocycles. The fraction of sp³-hybridized carbons (Fsp3) is 0.318. The van der Waals surface area contributed by atoms with Gasteiger partial charge in [-0.05, 0) is 50.2 Å². The number of aryl methyl sites for hydroxylation is 2. The van der Waals surface area contributed by atoms with E-state index in [1.165, 1.54) is 0 Å².